The Morgan fingerprint density at radius 3 is 2.33 bits per heavy atom. The van der Waals surface area contributed by atoms with Crippen molar-refractivity contribution in [2.24, 2.45) is 17.3 Å². The number of hydrogen-bond donors (Lipinski definition) is 1. The van der Waals surface area contributed by atoms with Crippen molar-refractivity contribution in [3.8, 4) is 0 Å². The summed E-state index contributed by atoms with van der Waals surface area (Å²) in [5.41, 5.74) is 6.34. The third kappa shape index (κ3) is 3.57. The van der Waals surface area contributed by atoms with Crippen LogP contribution < -0.4 is 5.43 Å². The molecular weight excluding hydrogens is 354 g/mol. The Hall–Kier alpha value is -0.610. The summed E-state index contributed by atoms with van der Waals surface area (Å²) in [6.45, 7) is 5.83. The fourth-order valence-electron chi connectivity index (χ4n) is 7.33. The van der Waals surface area contributed by atoms with Crippen LogP contribution in [0.15, 0.2) is 24.3 Å². The average Bonchev–Trinajstić information content (AvgIpc) is 2.63. The second-order valence-electron chi connectivity index (χ2n) is 10.2. The van der Waals surface area contributed by atoms with E-state index in [-0.39, 0.29) is 0 Å². The molecule has 3 nitrogen and oxygen atoms in total. The van der Waals surface area contributed by atoms with Gasteiger partial charge < -0.3 is 4.90 Å². The molecule has 27 heavy (non-hydrogen) atoms. The lowest BCUT2D eigenvalue weighted by molar-refractivity contribution is -0.0779. The standard InChI is InChI=1S/C23H34ClN3/c1-26-8-10-27(11-9-26)25-7-6-22-13-18-12-19(14-22)16-23(15-18,17-22)20-2-4-21(24)5-3-20/h2-5,18-19,25H,6-17H2,1H3. The number of hydrazine groups is 1. The molecule has 0 aromatic heterocycles. The van der Waals surface area contributed by atoms with Crippen LogP contribution in [0.1, 0.15) is 50.5 Å². The van der Waals surface area contributed by atoms with Crippen LogP contribution in [0, 0.1) is 17.3 Å². The average molecular weight is 388 g/mol. The lowest BCUT2D eigenvalue weighted by atomic mass is 9.42. The van der Waals surface area contributed by atoms with E-state index in [1.54, 1.807) is 5.56 Å². The highest BCUT2D eigenvalue weighted by atomic mass is 35.5. The third-order valence-corrected chi connectivity index (χ3v) is 8.38. The predicted molar refractivity (Wildman–Crippen MR) is 112 cm³/mol. The first kappa shape index (κ1) is 18.4. The minimum absolute atomic E-state index is 0.433. The fraction of sp³-hybridized carbons (Fsp3) is 0.739. The monoisotopic (exact) mass is 387 g/mol. The lowest BCUT2D eigenvalue weighted by Gasteiger charge is -2.63. The van der Waals surface area contributed by atoms with E-state index < -0.39 is 0 Å². The van der Waals surface area contributed by atoms with Gasteiger partial charge in [0.15, 0.2) is 0 Å². The number of piperazine rings is 1. The predicted octanol–water partition coefficient (Wildman–Crippen LogP) is 4.32. The van der Waals surface area contributed by atoms with Gasteiger partial charge in [0.25, 0.3) is 0 Å². The summed E-state index contributed by atoms with van der Waals surface area (Å²) in [5.74, 6) is 1.90. The Labute approximate surface area is 169 Å². The minimum atomic E-state index is 0.433. The van der Waals surface area contributed by atoms with Crippen molar-refractivity contribution in [2.75, 3.05) is 39.8 Å². The molecule has 6 rings (SSSR count). The molecule has 2 atom stereocenters. The van der Waals surface area contributed by atoms with Gasteiger partial charge >= 0.3 is 0 Å². The molecule has 5 fully saturated rings. The third-order valence-electron chi connectivity index (χ3n) is 8.13. The zero-order chi connectivity index (χ0) is 18.5. The number of halogens is 1. The fourth-order valence-corrected chi connectivity index (χ4v) is 7.46. The minimum Gasteiger partial charge on any atom is -0.304 e. The number of likely N-dealkylation sites (N-methyl/N-ethyl adjacent to an activating group) is 1. The van der Waals surface area contributed by atoms with Gasteiger partial charge in [-0.15, -0.1) is 0 Å². The van der Waals surface area contributed by atoms with Gasteiger partial charge in [0, 0.05) is 37.7 Å². The number of rotatable bonds is 5. The molecule has 2 unspecified atom stereocenters. The van der Waals surface area contributed by atoms with Crippen LogP contribution in [0.25, 0.3) is 0 Å². The topological polar surface area (TPSA) is 18.5 Å². The first-order chi connectivity index (χ1) is 13.0. The van der Waals surface area contributed by atoms with Gasteiger partial charge in [-0.3, -0.25) is 5.43 Å². The van der Waals surface area contributed by atoms with E-state index in [4.69, 9.17) is 11.6 Å². The Morgan fingerprint density at radius 1 is 1.00 bits per heavy atom. The molecule has 1 aromatic rings. The molecule has 0 radical (unpaired) electrons. The van der Waals surface area contributed by atoms with E-state index in [0.717, 1.165) is 36.5 Å². The Kier molecular flexibility index (Phi) is 4.79. The Bertz CT molecular complexity index is 651. The van der Waals surface area contributed by atoms with E-state index in [0.29, 0.717) is 10.8 Å². The summed E-state index contributed by atoms with van der Waals surface area (Å²) in [7, 11) is 2.23. The number of benzene rings is 1. The van der Waals surface area contributed by atoms with E-state index >= 15 is 0 Å². The molecular formula is C23H34ClN3. The molecule has 4 heteroatoms. The second kappa shape index (κ2) is 7.02. The molecule has 4 aliphatic carbocycles. The molecule has 1 aliphatic heterocycles. The molecule has 0 spiro atoms. The maximum Gasteiger partial charge on any atom is 0.0406 e. The molecule has 148 valence electrons. The van der Waals surface area contributed by atoms with Crippen LogP contribution in [-0.4, -0.2) is 49.7 Å². The SMILES string of the molecule is CN1CCN(NCCC23CC4CC(C2)CC(c2ccc(Cl)cc2)(C4)C3)CC1. The summed E-state index contributed by atoms with van der Waals surface area (Å²) in [6, 6.07) is 8.87. The highest BCUT2D eigenvalue weighted by Crippen LogP contribution is 2.66. The van der Waals surface area contributed by atoms with Crippen LogP contribution in [0.3, 0.4) is 0 Å². The van der Waals surface area contributed by atoms with Crippen molar-refractivity contribution in [2.45, 2.75) is 50.4 Å². The molecule has 1 heterocycles. The summed E-state index contributed by atoms with van der Waals surface area (Å²) < 4.78 is 0. The van der Waals surface area contributed by atoms with E-state index in [1.165, 1.54) is 58.0 Å². The van der Waals surface area contributed by atoms with Crippen LogP contribution in [0.2, 0.25) is 5.02 Å². The van der Waals surface area contributed by atoms with Crippen LogP contribution in [0.5, 0.6) is 0 Å². The molecule has 1 aromatic carbocycles. The van der Waals surface area contributed by atoms with Crippen molar-refractivity contribution < 1.29 is 0 Å². The van der Waals surface area contributed by atoms with E-state index in [9.17, 15) is 0 Å². The lowest BCUT2D eigenvalue weighted by Crippen LogP contribution is -2.55. The highest BCUT2D eigenvalue weighted by molar-refractivity contribution is 6.30. The van der Waals surface area contributed by atoms with Crippen molar-refractivity contribution in [3.05, 3.63) is 34.9 Å². The highest BCUT2D eigenvalue weighted by Gasteiger charge is 2.57. The van der Waals surface area contributed by atoms with Gasteiger partial charge in [0.1, 0.15) is 0 Å². The van der Waals surface area contributed by atoms with Gasteiger partial charge in [0.05, 0.1) is 0 Å². The summed E-state index contributed by atoms with van der Waals surface area (Å²) in [4.78, 5) is 2.42. The van der Waals surface area contributed by atoms with Gasteiger partial charge in [-0.2, -0.15) is 0 Å². The van der Waals surface area contributed by atoms with E-state index in [1.807, 2.05) is 0 Å². The molecule has 1 saturated heterocycles. The second-order valence-corrected chi connectivity index (χ2v) is 10.6. The molecule has 4 saturated carbocycles. The van der Waals surface area contributed by atoms with Crippen LogP contribution in [-0.2, 0) is 5.41 Å². The van der Waals surface area contributed by atoms with Gasteiger partial charge in [-0.25, -0.2) is 5.01 Å². The largest absolute Gasteiger partial charge is 0.304 e. The molecule has 0 amide bonds. The number of hydrogen-bond acceptors (Lipinski definition) is 3. The van der Waals surface area contributed by atoms with Crippen LogP contribution in [0.4, 0.5) is 0 Å². The quantitative estimate of drug-likeness (QED) is 0.811. The van der Waals surface area contributed by atoms with Crippen molar-refractivity contribution in [1.29, 1.82) is 0 Å². The van der Waals surface area contributed by atoms with Crippen molar-refractivity contribution in [1.82, 2.24) is 15.3 Å². The van der Waals surface area contributed by atoms with Gasteiger partial charge in [-0.05, 0) is 92.4 Å². The first-order valence-corrected chi connectivity index (χ1v) is 11.4. The first-order valence-electron chi connectivity index (χ1n) is 11.0. The number of nitrogens with zero attached hydrogens (tertiary/aromatic N) is 2. The normalized spacial score (nSPS) is 39.2. The van der Waals surface area contributed by atoms with E-state index in [2.05, 4.69) is 46.6 Å². The summed E-state index contributed by atoms with van der Waals surface area (Å²) in [6.07, 6.45) is 10.0. The Balaban J connectivity index is 1.28. The summed E-state index contributed by atoms with van der Waals surface area (Å²) >= 11 is 6.18. The maximum absolute atomic E-state index is 6.18. The van der Waals surface area contributed by atoms with Crippen molar-refractivity contribution >= 4 is 11.6 Å². The zero-order valence-electron chi connectivity index (χ0n) is 16.7. The molecule has 4 bridgehead atoms. The van der Waals surface area contributed by atoms with Gasteiger partial charge in [0.2, 0.25) is 0 Å². The smallest absolute Gasteiger partial charge is 0.0406 e. The number of nitrogens with one attached hydrogen (secondary N) is 1. The summed E-state index contributed by atoms with van der Waals surface area (Å²) in [5, 5.41) is 3.32. The Morgan fingerprint density at radius 2 is 1.67 bits per heavy atom. The maximum atomic E-state index is 6.18. The van der Waals surface area contributed by atoms with Crippen molar-refractivity contribution in [3.63, 3.8) is 0 Å². The zero-order valence-corrected chi connectivity index (χ0v) is 17.5. The van der Waals surface area contributed by atoms with Gasteiger partial charge in [-0.1, -0.05) is 23.7 Å². The molecule has 5 aliphatic rings. The molecule has 1 N–H and O–H groups in total. The van der Waals surface area contributed by atoms with Crippen LogP contribution >= 0.6 is 11.6 Å².